The van der Waals surface area contributed by atoms with Crippen molar-refractivity contribution in [3.63, 3.8) is 0 Å². The first-order valence-electron chi connectivity index (χ1n) is 11.4. The Morgan fingerprint density at radius 3 is 1.96 bits per heavy atom. The van der Waals surface area contributed by atoms with Crippen LogP contribution in [0.2, 0.25) is 0 Å². The van der Waals surface area contributed by atoms with Crippen molar-refractivity contribution < 1.29 is 5.11 Å². The van der Waals surface area contributed by atoms with Crippen LogP contribution in [0.25, 0.3) is 0 Å². The van der Waals surface area contributed by atoms with Crippen molar-refractivity contribution in [3.8, 4) is 5.75 Å². The van der Waals surface area contributed by atoms with Crippen molar-refractivity contribution in [2.24, 2.45) is 0 Å². The van der Waals surface area contributed by atoms with Gasteiger partial charge in [-0.2, -0.15) is 0 Å². The molecule has 0 aliphatic rings. The smallest absolute Gasteiger partial charge is 0.119 e. The minimum atomic E-state index is -0.202. The highest BCUT2D eigenvalue weighted by atomic mass is 16.3. The van der Waals surface area contributed by atoms with E-state index in [1.165, 1.54) is 68.1 Å². The number of phenols is 1. The van der Waals surface area contributed by atoms with E-state index in [9.17, 15) is 5.11 Å². The van der Waals surface area contributed by atoms with Crippen LogP contribution in [-0.2, 0) is 18.3 Å². The Hall–Kier alpha value is -1.76. The predicted molar refractivity (Wildman–Crippen MR) is 122 cm³/mol. The van der Waals surface area contributed by atoms with E-state index in [4.69, 9.17) is 0 Å². The lowest BCUT2D eigenvalue weighted by atomic mass is 9.73. The van der Waals surface area contributed by atoms with Crippen LogP contribution in [-0.4, -0.2) is 5.11 Å². The van der Waals surface area contributed by atoms with E-state index in [2.05, 4.69) is 64.1 Å². The lowest BCUT2D eigenvalue weighted by Crippen LogP contribution is -2.22. The van der Waals surface area contributed by atoms with Gasteiger partial charge in [0.2, 0.25) is 0 Å². The second kappa shape index (κ2) is 11.3. The van der Waals surface area contributed by atoms with Gasteiger partial charge in [-0.25, -0.2) is 0 Å². The molecule has 2 rings (SSSR count). The van der Waals surface area contributed by atoms with E-state index in [0.29, 0.717) is 5.75 Å². The molecule has 154 valence electrons. The number of aryl methyl sites for hydroxylation is 1. The Kier molecular flexibility index (Phi) is 9.09. The largest absolute Gasteiger partial charge is 0.508 e. The average molecular weight is 381 g/mol. The second-order valence-corrected chi connectivity index (χ2v) is 8.67. The topological polar surface area (TPSA) is 20.2 Å². The second-order valence-electron chi connectivity index (χ2n) is 8.67. The van der Waals surface area contributed by atoms with Gasteiger partial charge in [-0.3, -0.25) is 0 Å². The van der Waals surface area contributed by atoms with E-state index in [1.807, 2.05) is 6.07 Å². The third-order valence-electron chi connectivity index (χ3n) is 6.17. The van der Waals surface area contributed by atoms with Crippen LogP contribution < -0.4 is 0 Å². The van der Waals surface area contributed by atoms with Crippen molar-refractivity contribution in [2.45, 2.75) is 97.3 Å². The highest BCUT2D eigenvalue weighted by Crippen LogP contribution is 2.41. The molecule has 0 fully saturated rings. The first kappa shape index (κ1) is 22.5. The summed E-state index contributed by atoms with van der Waals surface area (Å²) in [5.41, 5.74) is 4.95. The zero-order chi connectivity index (χ0) is 20.4. The van der Waals surface area contributed by atoms with Crippen LogP contribution in [0.4, 0.5) is 0 Å². The number of benzene rings is 2. The van der Waals surface area contributed by atoms with Crippen molar-refractivity contribution in [1.82, 2.24) is 0 Å². The summed E-state index contributed by atoms with van der Waals surface area (Å²) in [7, 11) is 0. The monoisotopic (exact) mass is 380 g/mol. The molecule has 0 aliphatic heterocycles. The lowest BCUT2D eigenvalue weighted by Gasteiger charge is -2.31. The van der Waals surface area contributed by atoms with Gasteiger partial charge >= 0.3 is 0 Å². The summed E-state index contributed by atoms with van der Waals surface area (Å²) in [5, 5.41) is 10.8. The van der Waals surface area contributed by atoms with E-state index >= 15 is 0 Å². The lowest BCUT2D eigenvalue weighted by molar-refractivity contribution is 0.449. The third kappa shape index (κ3) is 5.87. The van der Waals surface area contributed by atoms with Gasteiger partial charge in [0.15, 0.2) is 0 Å². The molecule has 1 heteroatoms. The number of hydrogen-bond donors (Lipinski definition) is 1. The van der Waals surface area contributed by atoms with Gasteiger partial charge in [-0.05, 0) is 42.0 Å². The molecule has 0 spiro atoms. The summed E-state index contributed by atoms with van der Waals surface area (Å²) in [6, 6.07) is 14.6. The van der Waals surface area contributed by atoms with Crippen LogP contribution in [0.5, 0.6) is 5.75 Å². The number of rotatable bonds is 12. The van der Waals surface area contributed by atoms with Gasteiger partial charge in [0, 0.05) is 11.0 Å². The van der Waals surface area contributed by atoms with Crippen molar-refractivity contribution in [2.75, 3.05) is 0 Å². The molecular weight excluding hydrogens is 340 g/mol. The summed E-state index contributed by atoms with van der Waals surface area (Å²) >= 11 is 0. The molecule has 0 bridgehead atoms. The minimum absolute atomic E-state index is 0.202. The van der Waals surface area contributed by atoms with Crippen LogP contribution in [0.1, 0.15) is 101 Å². The maximum atomic E-state index is 10.8. The van der Waals surface area contributed by atoms with E-state index < -0.39 is 0 Å². The molecule has 0 radical (unpaired) electrons. The summed E-state index contributed by atoms with van der Waals surface area (Å²) in [4.78, 5) is 0. The van der Waals surface area contributed by atoms with Gasteiger partial charge < -0.3 is 5.11 Å². The molecule has 0 aromatic heterocycles. The molecule has 2 aromatic carbocycles. The Bertz CT molecular complexity index is 700. The van der Waals surface area contributed by atoms with E-state index in [-0.39, 0.29) is 5.41 Å². The SMILES string of the molecule is CCCCCCCCCCc1c(CC)ccc(O)c1C(C)(C)c1ccccc1. The molecule has 1 N–H and O–H groups in total. The van der Waals surface area contributed by atoms with E-state index in [0.717, 1.165) is 18.4 Å². The van der Waals surface area contributed by atoms with Gasteiger partial charge in [-0.1, -0.05) is 109 Å². The molecule has 0 saturated carbocycles. The minimum Gasteiger partial charge on any atom is -0.508 e. The van der Waals surface area contributed by atoms with Crippen molar-refractivity contribution >= 4 is 0 Å². The predicted octanol–water partition coefficient (Wildman–Crippen LogP) is 7.96. The molecular formula is C27H40O. The first-order valence-corrected chi connectivity index (χ1v) is 11.4. The molecule has 0 saturated heterocycles. The van der Waals surface area contributed by atoms with Gasteiger partial charge in [-0.15, -0.1) is 0 Å². The number of unbranched alkanes of at least 4 members (excludes halogenated alkanes) is 7. The Morgan fingerprint density at radius 2 is 1.36 bits per heavy atom. The molecule has 0 atom stereocenters. The Labute approximate surface area is 173 Å². The average Bonchev–Trinajstić information content (AvgIpc) is 2.70. The fourth-order valence-corrected chi connectivity index (χ4v) is 4.43. The highest BCUT2D eigenvalue weighted by molar-refractivity contribution is 5.53. The summed E-state index contributed by atoms with van der Waals surface area (Å²) in [5.74, 6) is 0.445. The van der Waals surface area contributed by atoms with Crippen LogP contribution in [0, 0.1) is 0 Å². The van der Waals surface area contributed by atoms with Crippen LogP contribution in [0.15, 0.2) is 42.5 Å². The molecule has 0 amide bonds. The highest BCUT2D eigenvalue weighted by Gasteiger charge is 2.29. The molecule has 2 aromatic rings. The fraction of sp³-hybridized carbons (Fsp3) is 0.556. The van der Waals surface area contributed by atoms with Crippen molar-refractivity contribution in [1.29, 1.82) is 0 Å². The molecule has 0 aliphatic carbocycles. The normalized spacial score (nSPS) is 11.7. The van der Waals surface area contributed by atoms with E-state index in [1.54, 1.807) is 0 Å². The third-order valence-corrected chi connectivity index (χ3v) is 6.17. The Morgan fingerprint density at radius 1 is 0.750 bits per heavy atom. The van der Waals surface area contributed by atoms with Gasteiger partial charge in [0.1, 0.15) is 5.75 Å². The van der Waals surface area contributed by atoms with Crippen LogP contribution >= 0.6 is 0 Å². The Balaban J connectivity index is 2.14. The molecule has 28 heavy (non-hydrogen) atoms. The van der Waals surface area contributed by atoms with Crippen molar-refractivity contribution in [3.05, 3.63) is 64.7 Å². The zero-order valence-electron chi connectivity index (χ0n) is 18.6. The quantitative estimate of drug-likeness (QED) is 0.370. The first-order chi connectivity index (χ1) is 13.5. The number of hydrogen-bond acceptors (Lipinski definition) is 1. The molecule has 0 unspecified atom stereocenters. The van der Waals surface area contributed by atoms with Crippen LogP contribution in [0.3, 0.4) is 0 Å². The number of aromatic hydroxyl groups is 1. The van der Waals surface area contributed by atoms with Gasteiger partial charge in [0.25, 0.3) is 0 Å². The maximum absolute atomic E-state index is 10.8. The summed E-state index contributed by atoms with van der Waals surface area (Å²) in [6.07, 6.45) is 12.7. The summed E-state index contributed by atoms with van der Waals surface area (Å²) < 4.78 is 0. The number of phenolic OH excluding ortho intramolecular Hbond substituents is 1. The fourth-order valence-electron chi connectivity index (χ4n) is 4.43. The summed E-state index contributed by atoms with van der Waals surface area (Å²) in [6.45, 7) is 8.99. The molecule has 0 heterocycles. The standard InChI is InChI=1S/C27H40O/c1-5-7-8-9-10-11-12-16-19-24-22(6-2)20-21-25(28)26(24)27(3,4)23-17-14-13-15-18-23/h13-15,17-18,20-21,28H,5-12,16,19H2,1-4H3. The maximum Gasteiger partial charge on any atom is 0.119 e. The zero-order valence-corrected chi connectivity index (χ0v) is 18.6. The molecule has 1 nitrogen and oxygen atoms in total. The van der Waals surface area contributed by atoms with Gasteiger partial charge in [0.05, 0.1) is 0 Å².